The van der Waals surface area contributed by atoms with E-state index in [1.54, 1.807) is 24.3 Å². The summed E-state index contributed by atoms with van der Waals surface area (Å²) in [6.07, 6.45) is 2.11. The maximum absolute atomic E-state index is 13.0. The molecule has 3 aromatic rings. The van der Waals surface area contributed by atoms with Crippen molar-refractivity contribution in [3.63, 3.8) is 0 Å². The second-order valence-electron chi connectivity index (χ2n) is 7.11. The first-order valence-corrected chi connectivity index (χ1v) is 9.62. The van der Waals surface area contributed by atoms with Gasteiger partial charge in [-0.3, -0.25) is 9.59 Å². The molecule has 1 aliphatic heterocycles. The lowest BCUT2D eigenvalue weighted by Crippen LogP contribution is -2.44. The molecular weight excluding hydrogens is 405 g/mol. The number of ether oxygens (including phenoxy) is 1. The van der Waals surface area contributed by atoms with Gasteiger partial charge in [-0.2, -0.15) is 5.10 Å². The van der Waals surface area contributed by atoms with Crippen LogP contribution in [0, 0.1) is 5.82 Å². The fourth-order valence-corrected chi connectivity index (χ4v) is 3.35. The van der Waals surface area contributed by atoms with E-state index in [-0.39, 0.29) is 31.2 Å². The molecule has 0 bridgehead atoms. The van der Waals surface area contributed by atoms with Gasteiger partial charge in [0.15, 0.2) is 0 Å². The topological polar surface area (TPSA) is 110 Å². The van der Waals surface area contributed by atoms with Gasteiger partial charge in [0, 0.05) is 18.7 Å². The van der Waals surface area contributed by atoms with Gasteiger partial charge in [0.2, 0.25) is 11.8 Å². The number of nitrogens with zero attached hydrogens (tertiary/aromatic N) is 4. The number of β-amino-alcohol motifs (C(OH)–C–C–N with tert-alkyl or cyclic N) is 1. The van der Waals surface area contributed by atoms with Gasteiger partial charge in [0.05, 0.1) is 6.10 Å². The first-order chi connectivity index (χ1) is 15.0. The lowest BCUT2D eigenvalue weighted by molar-refractivity contribution is -0.137. The van der Waals surface area contributed by atoms with Crippen molar-refractivity contribution in [1.82, 2.24) is 19.7 Å². The largest absolute Gasteiger partial charge is 0.457 e. The van der Waals surface area contributed by atoms with Crippen molar-refractivity contribution in [2.75, 3.05) is 11.9 Å². The molecular formula is C21H20FN5O4. The van der Waals surface area contributed by atoms with Gasteiger partial charge in [0.1, 0.15) is 42.6 Å². The van der Waals surface area contributed by atoms with Crippen molar-refractivity contribution in [3.05, 3.63) is 67.0 Å². The maximum atomic E-state index is 13.0. The van der Waals surface area contributed by atoms with E-state index >= 15 is 0 Å². The molecule has 1 aliphatic rings. The Hall–Kier alpha value is -3.79. The van der Waals surface area contributed by atoms with E-state index in [0.717, 1.165) is 0 Å². The third-order valence-electron chi connectivity index (χ3n) is 4.84. The van der Waals surface area contributed by atoms with Crippen LogP contribution in [0.5, 0.6) is 11.5 Å². The van der Waals surface area contributed by atoms with Gasteiger partial charge in [-0.25, -0.2) is 14.1 Å². The highest BCUT2D eigenvalue weighted by Crippen LogP contribution is 2.24. The van der Waals surface area contributed by atoms with E-state index in [0.29, 0.717) is 17.2 Å². The third-order valence-corrected chi connectivity index (χ3v) is 4.84. The summed E-state index contributed by atoms with van der Waals surface area (Å²) in [7, 11) is 0. The molecule has 4 rings (SSSR count). The monoisotopic (exact) mass is 425 g/mol. The summed E-state index contributed by atoms with van der Waals surface area (Å²) in [5, 5.41) is 16.7. The molecule has 0 radical (unpaired) electrons. The van der Waals surface area contributed by atoms with Crippen LogP contribution in [-0.4, -0.2) is 55.3 Å². The number of halogens is 1. The first kappa shape index (κ1) is 20.5. The predicted octanol–water partition coefficient (Wildman–Crippen LogP) is 1.81. The van der Waals surface area contributed by atoms with Crippen LogP contribution in [0.4, 0.5) is 10.1 Å². The molecule has 0 saturated carbocycles. The highest BCUT2D eigenvalue weighted by Gasteiger charge is 2.38. The van der Waals surface area contributed by atoms with E-state index in [4.69, 9.17) is 4.74 Å². The molecule has 9 nitrogen and oxygen atoms in total. The molecule has 0 aliphatic carbocycles. The Kier molecular flexibility index (Phi) is 5.89. The summed E-state index contributed by atoms with van der Waals surface area (Å²) >= 11 is 0. The van der Waals surface area contributed by atoms with E-state index in [9.17, 15) is 19.1 Å². The molecule has 1 saturated heterocycles. The molecule has 1 fully saturated rings. The van der Waals surface area contributed by atoms with Crippen molar-refractivity contribution in [2.24, 2.45) is 0 Å². The van der Waals surface area contributed by atoms with Crippen LogP contribution < -0.4 is 10.1 Å². The summed E-state index contributed by atoms with van der Waals surface area (Å²) in [4.78, 5) is 30.5. The molecule has 1 aromatic heterocycles. The van der Waals surface area contributed by atoms with Crippen molar-refractivity contribution in [3.8, 4) is 11.5 Å². The number of anilines is 1. The summed E-state index contributed by atoms with van der Waals surface area (Å²) in [6, 6.07) is 11.5. The highest BCUT2D eigenvalue weighted by atomic mass is 19.1. The average Bonchev–Trinajstić information content (AvgIpc) is 3.40. The Morgan fingerprint density at radius 3 is 2.45 bits per heavy atom. The second kappa shape index (κ2) is 8.92. The normalized spacial score (nSPS) is 18.1. The van der Waals surface area contributed by atoms with Gasteiger partial charge in [-0.15, -0.1) is 0 Å². The number of benzene rings is 2. The van der Waals surface area contributed by atoms with Crippen LogP contribution in [0.1, 0.15) is 6.42 Å². The van der Waals surface area contributed by atoms with Crippen molar-refractivity contribution in [1.29, 1.82) is 0 Å². The number of aliphatic hydroxyl groups excluding tert-OH is 1. The number of rotatable bonds is 6. The molecule has 160 valence electrons. The molecule has 0 spiro atoms. The zero-order valence-electron chi connectivity index (χ0n) is 16.4. The Labute approximate surface area is 177 Å². The zero-order chi connectivity index (χ0) is 21.8. The number of amides is 2. The zero-order valence-corrected chi connectivity index (χ0v) is 16.4. The van der Waals surface area contributed by atoms with Gasteiger partial charge in [-0.1, -0.05) is 0 Å². The van der Waals surface area contributed by atoms with Gasteiger partial charge < -0.3 is 20.1 Å². The number of hydrogen-bond donors (Lipinski definition) is 2. The van der Waals surface area contributed by atoms with Gasteiger partial charge in [-0.05, 0) is 48.5 Å². The van der Waals surface area contributed by atoms with Crippen LogP contribution in [0.25, 0.3) is 0 Å². The van der Waals surface area contributed by atoms with Crippen molar-refractivity contribution in [2.45, 2.75) is 25.1 Å². The second-order valence-corrected chi connectivity index (χ2v) is 7.11. The van der Waals surface area contributed by atoms with E-state index in [2.05, 4.69) is 15.4 Å². The Morgan fingerprint density at radius 2 is 1.81 bits per heavy atom. The number of carbonyl (C=O) groups is 2. The van der Waals surface area contributed by atoms with E-state index in [1.807, 2.05) is 0 Å². The predicted molar refractivity (Wildman–Crippen MR) is 108 cm³/mol. The average molecular weight is 425 g/mol. The first-order valence-electron chi connectivity index (χ1n) is 9.62. The quantitative estimate of drug-likeness (QED) is 0.623. The number of hydrogen-bond acceptors (Lipinski definition) is 6. The highest BCUT2D eigenvalue weighted by molar-refractivity contribution is 5.97. The third kappa shape index (κ3) is 5.04. The Bertz CT molecular complexity index is 1040. The molecule has 2 N–H and O–H groups in total. The molecule has 2 heterocycles. The Morgan fingerprint density at radius 1 is 1.13 bits per heavy atom. The molecule has 31 heavy (non-hydrogen) atoms. The molecule has 2 amide bonds. The standard InChI is InChI=1S/C21H20FN5O4/c22-14-1-5-17(6-2-14)31-18-7-3-15(4-8-18)25-21(30)19-9-16(28)10-27(19)20(29)11-26-13-23-12-24-26/h1-8,12-13,16,19,28H,9-11H2,(H,25,30). The minimum atomic E-state index is -0.791. The van der Waals surface area contributed by atoms with E-state index < -0.39 is 18.1 Å². The molecule has 2 aromatic carbocycles. The van der Waals surface area contributed by atoms with Crippen molar-refractivity contribution < 1.29 is 23.8 Å². The van der Waals surface area contributed by atoms with Crippen LogP contribution in [0.3, 0.4) is 0 Å². The summed E-state index contributed by atoms with van der Waals surface area (Å²) < 4.78 is 20.0. The number of aromatic nitrogens is 3. The maximum Gasteiger partial charge on any atom is 0.247 e. The molecule has 10 heteroatoms. The van der Waals surface area contributed by atoms with E-state index in [1.165, 1.54) is 46.5 Å². The number of carbonyl (C=O) groups excluding carboxylic acids is 2. The minimum absolute atomic E-state index is 0.0636. The van der Waals surface area contributed by atoms with Crippen LogP contribution in [0.2, 0.25) is 0 Å². The molecule has 2 unspecified atom stereocenters. The van der Waals surface area contributed by atoms with Gasteiger partial charge in [0.25, 0.3) is 0 Å². The van der Waals surface area contributed by atoms with Gasteiger partial charge >= 0.3 is 0 Å². The fraction of sp³-hybridized carbons (Fsp3) is 0.238. The SMILES string of the molecule is O=C(Nc1ccc(Oc2ccc(F)cc2)cc1)C1CC(O)CN1C(=O)Cn1cncn1. The Balaban J connectivity index is 1.38. The van der Waals surface area contributed by atoms with Crippen LogP contribution in [0.15, 0.2) is 61.2 Å². The van der Waals surface area contributed by atoms with Crippen LogP contribution in [-0.2, 0) is 16.1 Å². The van der Waals surface area contributed by atoms with Crippen molar-refractivity contribution >= 4 is 17.5 Å². The molecule has 2 atom stereocenters. The summed E-state index contributed by atoms with van der Waals surface area (Å²) in [5.41, 5.74) is 0.515. The number of aliphatic hydroxyl groups is 1. The minimum Gasteiger partial charge on any atom is -0.457 e. The lowest BCUT2D eigenvalue weighted by atomic mass is 10.1. The fourth-order valence-electron chi connectivity index (χ4n) is 3.35. The van der Waals surface area contributed by atoms with Crippen LogP contribution >= 0.6 is 0 Å². The number of likely N-dealkylation sites (tertiary alicyclic amines) is 1. The lowest BCUT2D eigenvalue weighted by Gasteiger charge is -2.23. The smallest absolute Gasteiger partial charge is 0.247 e. The summed E-state index contributed by atoms with van der Waals surface area (Å²) in [5.74, 6) is -0.0672. The summed E-state index contributed by atoms with van der Waals surface area (Å²) in [6.45, 7) is 0.0159. The number of nitrogens with one attached hydrogen (secondary N) is 1.